The van der Waals surface area contributed by atoms with Gasteiger partial charge in [-0.25, -0.2) is 0 Å². The van der Waals surface area contributed by atoms with Crippen LogP contribution < -0.4 is 10.1 Å². The summed E-state index contributed by atoms with van der Waals surface area (Å²) in [6.45, 7) is 0. The van der Waals surface area contributed by atoms with Crippen LogP contribution in [0.2, 0.25) is 0 Å². The normalized spacial score (nSPS) is 11.7. The number of hydrogen-bond donors (Lipinski definition) is 2. The molecule has 0 aromatic heterocycles. The second kappa shape index (κ2) is 7.59. The summed E-state index contributed by atoms with van der Waals surface area (Å²) in [5.41, 5.74) is 1.86. The Morgan fingerprint density at radius 3 is 2.52 bits per heavy atom. The third kappa shape index (κ3) is 4.43. The van der Waals surface area contributed by atoms with Gasteiger partial charge in [-0.3, -0.25) is 4.79 Å². The Kier molecular flexibility index (Phi) is 5.51. The molecule has 0 aliphatic heterocycles. The van der Waals surface area contributed by atoms with Crippen LogP contribution in [0.1, 0.15) is 10.9 Å². The number of nitrogens with one attached hydrogen (secondary N) is 1. The van der Waals surface area contributed by atoms with Crippen molar-refractivity contribution in [2.75, 3.05) is 18.2 Å². The first kappa shape index (κ1) is 15.3. The predicted molar refractivity (Wildman–Crippen MR) is 85.9 cm³/mol. The van der Waals surface area contributed by atoms with E-state index in [0.717, 1.165) is 17.0 Å². The van der Waals surface area contributed by atoms with Gasteiger partial charge in [0.2, 0.25) is 0 Å². The maximum Gasteiger partial charge on any atom is 0.313 e. The number of carbonyl (C=O) groups is 1. The summed E-state index contributed by atoms with van der Waals surface area (Å²) in [6.07, 6.45) is 0. The molecule has 2 aromatic carbocycles. The monoisotopic (exact) mass is 303 g/mol. The molecule has 0 fully saturated rings. The minimum absolute atomic E-state index is 0.0295. The number of anilines is 1. The molecule has 0 aliphatic rings. The van der Waals surface area contributed by atoms with Gasteiger partial charge in [-0.15, -0.1) is 11.8 Å². The number of carboxylic acid groups (broad SMARTS) is 1. The lowest BCUT2D eigenvalue weighted by atomic mass is 10.2. The molecular weight excluding hydrogens is 286 g/mol. The van der Waals surface area contributed by atoms with Gasteiger partial charge in [0.15, 0.2) is 0 Å². The number of thioether (sulfide) groups is 1. The van der Waals surface area contributed by atoms with Crippen LogP contribution in [-0.4, -0.2) is 23.9 Å². The molecule has 0 radical (unpaired) electrons. The van der Waals surface area contributed by atoms with Crippen LogP contribution in [0.4, 0.5) is 5.69 Å². The zero-order chi connectivity index (χ0) is 15.1. The first-order valence-corrected chi connectivity index (χ1v) is 7.53. The molecule has 2 rings (SSSR count). The molecule has 4 nitrogen and oxygen atoms in total. The fraction of sp³-hybridized carbons (Fsp3) is 0.188. The van der Waals surface area contributed by atoms with Crippen molar-refractivity contribution in [3.05, 3.63) is 60.2 Å². The molecule has 0 saturated carbocycles. The molecule has 0 bridgehead atoms. The molecule has 5 heteroatoms. The SMILES string of the molecule is COc1ccccc1NC(SCC(=O)O)c1ccccc1. The summed E-state index contributed by atoms with van der Waals surface area (Å²) in [4.78, 5) is 10.8. The Balaban J connectivity index is 2.21. The van der Waals surface area contributed by atoms with Crippen molar-refractivity contribution in [3.8, 4) is 5.75 Å². The molecule has 0 aliphatic carbocycles. The summed E-state index contributed by atoms with van der Waals surface area (Å²) < 4.78 is 5.32. The van der Waals surface area contributed by atoms with E-state index in [-0.39, 0.29) is 11.1 Å². The van der Waals surface area contributed by atoms with Crippen LogP contribution in [0.5, 0.6) is 5.75 Å². The molecule has 1 unspecified atom stereocenters. The highest BCUT2D eigenvalue weighted by Crippen LogP contribution is 2.33. The first-order chi connectivity index (χ1) is 10.2. The van der Waals surface area contributed by atoms with E-state index < -0.39 is 5.97 Å². The van der Waals surface area contributed by atoms with Gasteiger partial charge < -0.3 is 15.2 Å². The Morgan fingerprint density at radius 2 is 1.86 bits per heavy atom. The average Bonchev–Trinajstić information content (AvgIpc) is 2.52. The van der Waals surface area contributed by atoms with Gasteiger partial charge in [0.25, 0.3) is 0 Å². The number of benzene rings is 2. The molecule has 0 heterocycles. The van der Waals surface area contributed by atoms with E-state index in [4.69, 9.17) is 9.84 Å². The van der Waals surface area contributed by atoms with E-state index >= 15 is 0 Å². The standard InChI is InChI=1S/C16H17NO3S/c1-20-14-10-6-5-9-13(14)17-16(21-11-15(18)19)12-7-3-2-4-8-12/h2-10,16-17H,11H2,1H3,(H,18,19). The van der Waals surface area contributed by atoms with Gasteiger partial charge >= 0.3 is 5.97 Å². The zero-order valence-corrected chi connectivity index (χ0v) is 12.5. The summed E-state index contributed by atoms with van der Waals surface area (Å²) in [6, 6.07) is 17.3. The van der Waals surface area contributed by atoms with E-state index in [0.29, 0.717) is 0 Å². The molecule has 2 N–H and O–H groups in total. The number of carboxylic acids is 1. The van der Waals surface area contributed by atoms with Gasteiger partial charge in [0.1, 0.15) is 5.75 Å². The molecule has 110 valence electrons. The maximum atomic E-state index is 10.8. The zero-order valence-electron chi connectivity index (χ0n) is 11.7. The third-order valence-corrected chi connectivity index (χ3v) is 4.01. The number of para-hydroxylation sites is 2. The van der Waals surface area contributed by atoms with Crippen molar-refractivity contribution in [2.45, 2.75) is 5.37 Å². The fourth-order valence-corrected chi connectivity index (χ4v) is 2.78. The molecule has 0 saturated heterocycles. The molecule has 0 amide bonds. The van der Waals surface area contributed by atoms with E-state index in [1.54, 1.807) is 7.11 Å². The van der Waals surface area contributed by atoms with Crippen molar-refractivity contribution in [1.29, 1.82) is 0 Å². The molecule has 2 aromatic rings. The van der Waals surface area contributed by atoms with Crippen molar-refractivity contribution < 1.29 is 14.6 Å². The quantitative estimate of drug-likeness (QED) is 0.765. The molecule has 1 atom stereocenters. The Morgan fingerprint density at radius 1 is 1.19 bits per heavy atom. The average molecular weight is 303 g/mol. The van der Waals surface area contributed by atoms with Crippen molar-refractivity contribution in [1.82, 2.24) is 0 Å². The summed E-state index contributed by atoms with van der Waals surface area (Å²) in [7, 11) is 1.61. The van der Waals surface area contributed by atoms with Crippen LogP contribution in [0, 0.1) is 0 Å². The van der Waals surface area contributed by atoms with E-state index in [1.807, 2.05) is 54.6 Å². The molecule has 21 heavy (non-hydrogen) atoms. The van der Waals surface area contributed by atoms with E-state index in [2.05, 4.69) is 5.32 Å². The Hall–Kier alpha value is -2.14. The highest BCUT2D eigenvalue weighted by atomic mass is 32.2. The lowest BCUT2D eigenvalue weighted by Crippen LogP contribution is -2.11. The second-order valence-electron chi connectivity index (χ2n) is 4.34. The summed E-state index contributed by atoms with van der Waals surface area (Å²) >= 11 is 1.33. The maximum absolute atomic E-state index is 10.8. The van der Waals surface area contributed by atoms with E-state index in [1.165, 1.54) is 11.8 Å². The van der Waals surface area contributed by atoms with Crippen LogP contribution >= 0.6 is 11.8 Å². The first-order valence-electron chi connectivity index (χ1n) is 6.48. The van der Waals surface area contributed by atoms with Gasteiger partial charge in [0, 0.05) is 0 Å². The second-order valence-corrected chi connectivity index (χ2v) is 5.43. The number of aliphatic carboxylic acids is 1. The van der Waals surface area contributed by atoms with Gasteiger partial charge in [-0.1, -0.05) is 42.5 Å². The van der Waals surface area contributed by atoms with Crippen molar-refractivity contribution in [2.24, 2.45) is 0 Å². The Bertz CT molecular complexity index is 589. The van der Waals surface area contributed by atoms with Crippen molar-refractivity contribution >= 4 is 23.4 Å². The van der Waals surface area contributed by atoms with Gasteiger partial charge in [0.05, 0.1) is 23.9 Å². The highest BCUT2D eigenvalue weighted by molar-refractivity contribution is 8.00. The van der Waals surface area contributed by atoms with Gasteiger partial charge in [-0.2, -0.15) is 0 Å². The van der Waals surface area contributed by atoms with Crippen LogP contribution in [0.15, 0.2) is 54.6 Å². The van der Waals surface area contributed by atoms with Crippen LogP contribution in [-0.2, 0) is 4.79 Å². The van der Waals surface area contributed by atoms with Crippen LogP contribution in [0.25, 0.3) is 0 Å². The molecule has 0 spiro atoms. The lowest BCUT2D eigenvalue weighted by Gasteiger charge is -2.20. The van der Waals surface area contributed by atoms with Crippen molar-refractivity contribution in [3.63, 3.8) is 0 Å². The number of methoxy groups -OCH3 is 1. The third-order valence-electron chi connectivity index (χ3n) is 2.87. The Labute approximate surface area is 128 Å². The van der Waals surface area contributed by atoms with Gasteiger partial charge in [-0.05, 0) is 17.7 Å². The predicted octanol–water partition coefficient (Wildman–Crippen LogP) is 3.62. The minimum Gasteiger partial charge on any atom is -0.495 e. The largest absolute Gasteiger partial charge is 0.495 e. The topological polar surface area (TPSA) is 58.6 Å². The lowest BCUT2D eigenvalue weighted by molar-refractivity contribution is -0.133. The summed E-state index contributed by atoms with van der Waals surface area (Å²) in [5.74, 6) is -0.0704. The smallest absolute Gasteiger partial charge is 0.313 e. The van der Waals surface area contributed by atoms with E-state index in [9.17, 15) is 4.79 Å². The molecular formula is C16H17NO3S. The minimum atomic E-state index is -0.831. The highest BCUT2D eigenvalue weighted by Gasteiger charge is 2.15. The number of rotatable bonds is 7. The number of ether oxygens (including phenoxy) is 1. The fourth-order valence-electron chi connectivity index (χ4n) is 1.91. The van der Waals surface area contributed by atoms with Crippen LogP contribution in [0.3, 0.4) is 0 Å². The summed E-state index contributed by atoms with van der Waals surface area (Å²) in [5, 5.41) is 12.1. The number of hydrogen-bond acceptors (Lipinski definition) is 4.